The highest BCUT2D eigenvalue weighted by atomic mass is 16.5. The van der Waals surface area contributed by atoms with Gasteiger partial charge in [-0.3, -0.25) is 4.79 Å². The molecule has 1 aromatic rings. The van der Waals surface area contributed by atoms with Crippen LogP contribution >= 0.6 is 0 Å². The van der Waals surface area contributed by atoms with Gasteiger partial charge in [0.1, 0.15) is 12.4 Å². The maximum absolute atomic E-state index is 12.3. The van der Waals surface area contributed by atoms with Gasteiger partial charge in [-0.25, -0.2) is 0 Å². The Bertz CT molecular complexity index is 460. The Hall–Kier alpha value is -1.55. The van der Waals surface area contributed by atoms with Crippen LogP contribution in [0.5, 0.6) is 5.75 Å². The van der Waals surface area contributed by atoms with E-state index in [1.807, 2.05) is 24.3 Å². The first-order valence-electron chi connectivity index (χ1n) is 6.41. The molecule has 1 unspecified atom stereocenters. The van der Waals surface area contributed by atoms with Crippen LogP contribution in [0.1, 0.15) is 12.0 Å². The van der Waals surface area contributed by atoms with Gasteiger partial charge in [0.05, 0.1) is 12.0 Å². The molecule has 1 N–H and O–H groups in total. The smallest absolute Gasteiger partial charge is 0.229 e. The Balaban J connectivity index is 1.70. The summed E-state index contributed by atoms with van der Waals surface area (Å²) >= 11 is 0. The summed E-state index contributed by atoms with van der Waals surface area (Å²) in [4.78, 5) is 14.0. The largest absolute Gasteiger partial charge is 0.492 e. The average Bonchev–Trinajstić information content (AvgIpc) is 2.84. The lowest BCUT2D eigenvalue weighted by atomic mass is 9.95. The van der Waals surface area contributed by atoms with Gasteiger partial charge in [0.25, 0.3) is 0 Å². The van der Waals surface area contributed by atoms with E-state index in [1.54, 1.807) is 4.90 Å². The quantitative estimate of drug-likeness (QED) is 0.799. The van der Waals surface area contributed by atoms with Gasteiger partial charge >= 0.3 is 0 Å². The van der Waals surface area contributed by atoms with Crippen LogP contribution in [0.4, 0.5) is 0 Å². The number of hydrogen-bond donors (Lipinski definition) is 1. The molecule has 0 saturated carbocycles. The number of likely N-dealkylation sites (tertiary alicyclic amines) is 1. The average molecular weight is 247 g/mol. The second kappa shape index (κ2) is 4.61. The third-order valence-electron chi connectivity index (χ3n) is 3.70. The van der Waals surface area contributed by atoms with Crippen LogP contribution in [0, 0.1) is 5.92 Å². The molecule has 18 heavy (non-hydrogen) atoms. The Kier molecular flexibility index (Phi) is 2.96. The summed E-state index contributed by atoms with van der Waals surface area (Å²) in [7, 11) is 0. The van der Waals surface area contributed by atoms with Crippen molar-refractivity contribution < 1.29 is 14.6 Å². The Morgan fingerprint density at radius 1 is 1.39 bits per heavy atom. The topological polar surface area (TPSA) is 49.8 Å². The number of amides is 1. The summed E-state index contributed by atoms with van der Waals surface area (Å²) < 4.78 is 5.63. The van der Waals surface area contributed by atoms with Gasteiger partial charge < -0.3 is 14.7 Å². The predicted octanol–water partition coefficient (Wildman–Crippen LogP) is 0.831. The van der Waals surface area contributed by atoms with Crippen LogP contribution in [0.15, 0.2) is 24.3 Å². The number of nitrogens with zero attached hydrogens (tertiary/aromatic N) is 1. The van der Waals surface area contributed by atoms with Crippen LogP contribution in [-0.2, 0) is 11.2 Å². The molecule has 1 aromatic carbocycles. The molecule has 2 aliphatic rings. The number of ether oxygens (including phenoxy) is 1. The van der Waals surface area contributed by atoms with Crippen molar-refractivity contribution in [3.63, 3.8) is 0 Å². The van der Waals surface area contributed by atoms with Crippen molar-refractivity contribution in [1.29, 1.82) is 0 Å². The number of aliphatic hydroxyl groups excluding tert-OH is 1. The van der Waals surface area contributed by atoms with Crippen LogP contribution in [0.2, 0.25) is 0 Å². The monoisotopic (exact) mass is 247 g/mol. The highest BCUT2D eigenvalue weighted by Crippen LogP contribution is 2.28. The van der Waals surface area contributed by atoms with Crippen molar-refractivity contribution in [2.24, 2.45) is 5.92 Å². The lowest BCUT2D eigenvalue weighted by molar-refractivity contribution is -0.136. The van der Waals surface area contributed by atoms with Crippen LogP contribution in [0.25, 0.3) is 0 Å². The van der Waals surface area contributed by atoms with Gasteiger partial charge in [0.2, 0.25) is 5.91 Å². The van der Waals surface area contributed by atoms with Crippen molar-refractivity contribution in [2.45, 2.75) is 18.9 Å². The molecule has 0 bridgehead atoms. The molecule has 96 valence electrons. The van der Waals surface area contributed by atoms with Gasteiger partial charge in [-0.2, -0.15) is 0 Å². The number of hydrogen-bond acceptors (Lipinski definition) is 3. The minimum atomic E-state index is -0.356. The predicted molar refractivity (Wildman–Crippen MR) is 66.3 cm³/mol. The summed E-state index contributed by atoms with van der Waals surface area (Å²) in [6.45, 7) is 1.58. The molecule has 2 atom stereocenters. The van der Waals surface area contributed by atoms with Gasteiger partial charge in [-0.1, -0.05) is 18.2 Å². The molecular weight excluding hydrogens is 230 g/mol. The molecule has 4 heteroatoms. The summed E-state index contributed by atoms with van der Waals surface area (Å²) in [5.41, 5.74) is 1.10. The molecule has 0 aliphatic carbocycles. The van der Waals surface area contributed by atoms with E-state index >= 15 is 0 Å². The standard InChI is InChI=1S/C14H17NO3/c16-12-5-6-15(8-12)14(17)11-7-10-3-1-2-4-13(10)18-9-11/h1-4,11-12,16H,5-9H2/t11?,12-/m1/s1. The highest BCUT2D eigenvalue weighted by molar-refractivity contribution is 5.80. The van der Waals surface area contributed by atoms with Crippen LogP contribution < -0.4 is 4.74 Å². The minimum absolute atomic E-state index is 0.106. The molecule has 1 fully saturated rings. The van der Waals surface area contributed by atoms with E-state index in [-0.39, 0.29) is 17.9 Å². The summed E-state index contributed by atoms with van der Waals surface area (Å²) in [5.74, 6) is 0.897. The minimum Gasteiger partial charge on any atom is -0.492 e. The Morgan fingerprint density at radius 2 is 2.22 bits per heavy atom. The second-order valence-corrected chi connectivity index (χ2v) is 5.05. The molecule has 2 heterocycles. The van der Waals surface area contributed by atoms with Crippen molar-refractivity contribution in [2.75, 3.05) is 19.7 Å². The number of fused-ring (bicyclic) bond motifs is 1. The van der Waals surface area contributed by atoms with Gasteiger partial charge in [0, 0.05) is 13.1 Å². The summed E-state index contributed by atoms with van der Waals surface area (Å²) in [6, 6.07) is 7.86. The maximum Gasteiger partial charge on any atom is 0.229 e. The van der Waals surface area contributed by atoms with Gasteiger partial charge in [0.15, 0.2) is 0 Å². The molecule has 0 spiro atoms. The van der Waals surface area contributed by atoms with Crippen molar-refractivity contribution in [1.82, 2.24) is 4.90 Å². The van der Waals surface area contributed by atoms with E-state index in [9.17, 15) is 9.90 Å². The van der Waals surface area contributed by atoms with Crippen molar-refractivity contribution in [3.8, 4) is 5.75 Å². The fourth-order valence-electron chi connectivity index (χ4n) is 2.69. The van der Waals surface area contributed by atoms with E-state index in [2.05, 4.69) is 0 Å². The summed E-state index contributed by atoms with van der Waals surface area (Å²) in [6.07, 6.45) is 1.07. The number of carbonyl (C=O) groups is 1. The molecule has 0 radical (unpaired) electrons. The molecule has 4 nitrogen and oxygen atoms in total. The molecule has 2 aliphatic heterocycles. The first-order chi connectivity index (χ1) is 8.74. The molecular formula is C14H17NO3. The van der Waals surface area contributed by atoms with E-state index in [1.165, 1.54) is 0 Å². The zero-order chi connectivity index (χ0) is 12.5. The Labute approximate surface area is 106 Å². The van der Waals surface area contributed by atoms with Crippen molar-refractivity contribution >= 4 is 5.91 Å². The van der Waals surface area contributed by atoms with Crippen LogP contribution in [0.3, 0.4) is 0 Å². The van der Waals surface area contributed by atoms with E-state index < -0.39 is 0 Å². The van der Waals surface area contributed by atoms with Crippen LogP contribution in [-0.4, -0.2) is 41.7 Å². The zero-order valence-corrected chi connectivity index (χ0v) is 10.2. The maximum atomic E-state index is 12.3. The van der Waals surface area contributed by atoms with Gasteiger partial charge in [-0.15, -0.1) is 0 Å². The first-order valence-corrected chi connectivity index (χ1v) is 6.41. The Morgan fingerprint density at radius 3 is 3.00 bits per heavy atom. The molecule has 1 saturated heterocycles. The van der Waals surface area contributed by atoms with Gasteiger partial charge in [-0.05, 0) is 24.5 Å². The lowest BCUT2D eigenvalue weighted by Gasteiger charge is -2.28. The number of para-hydroxylation sites is 1. The lowest BCUT2D eigenvalue weighted by Crippen LogP contribution is -2.40. The highest BCUT2D eigenvalue weighted by Gasteiger charge is 2.32. The molecule has 0 aromatic heterocycles. The molecule has 1 amide bonds. The number of carbonyl (C=O) groups excluding carboxylic acids is 1. The van der Waals surface area contributed by atoms with E-state index in [4.69, 9.17) is 4.74 Å². The zero-order valence-electron chi connectivity index (χ0n) is 10.2. The first kappa shape index (κ1) is 11.5. The number of benzene rings is 1. The number of aliphatic hydroxyl groups is 1. The second-order valence-electron chi connectivity index (χ2n) is 5.05. The van der Waals surface area contributed by atoms with E-state index in [0.29, 0.717) is 26.1 Å². The van der Waals surface area contributed by atoms with Crippen molar-refractivity contribution in [3.05, 3.63) is 29.8 Å². The number of β-amino-alcohol motifs (C(OH)–C–C–N with tert-alkyl or cyclic N) is 1. The molecule has 3 rings (SSSR count). The third-order valence-corrected chi connectivity index (χ3v) is 3.70. The number of rotatable bonds is 1. The van der Waals surface area contributed by atoms with E-state index in [0.717, 1.165) is 17.7 Å². The SMILES string of the molecule is O=C(C1COc2ccccc2C1)N1CC[C@@H](O)C1. The summed E-state index contributed by atoms with van der Waals surface area (Å²) in [5, 5.41) is 9.48. The fourth-order valence-corrected chi connectivity index (χ4v) is 2.69. The normalized spacial score (nSPS) is 26.6. The fraction of sp³-hybridized carbons (Fsp3) is 0.500. The third kappa shape index (κ3) is 2.08.